The molecule has 10 heteroatoms. The predicted octanol–water partition coefficient (Wildman–Crippen LogP) is 3.90. The fourth-order valence-electron chi connectivity index (χ4n) is 2.24. The highest BCUT2D eigenvalue weighted by Crippen LogP contribution is 2.26. The lowest BCUT2D eigenvalue weighted by atomic mass is 10.1. The number of nitrogens with zero attached hydrogens (tertiary/aromatic N) is 3. The minimum atomic E-state index is -1.81. The normalized spacial score (nSPS) is 11.9. The van der Waals surface area contributed by atoms with E-state index >= 15 is 0 Å². The molecule has 3 N–H and O–H groups in total. The lowest BCUT2D eigenvalue weighted by molar-refractivity contribution is -0.136. The van der Waals surface area contributed by atoms with Crippen LogP contribution in [-0.2, 0) is 22.5 Å². The average Bonchev–Trinajstić information content (AvgIpc) is 2.70. The molecule has 1 aromatic heterocycles. The van der Waals surface area contributed by atoms with Crippen molar-refractivity contribution in [1.82, 2.24) is 4.98 Å². The van der Waals surface area contributed by atoms with Crippen LogP contribution in [0.4, 0.5) is 17.2 Å². The number of pyridine rings is 1. The van der Waals surface area contributed by atoms with Gasteiger partial charge in [-0.25, -0.2) is 4.98 Å². The van der Waals surface area contributed by atoms with Gasteiger partial charge in [0.25, 0.3) is 0 Å². The first-order valence-electron chi connectivity index (χ1n) is 8.33. The number of anilines is 1. The van der Waals surface area contributed by atoms with Gasteiger partial charge in [0, 0.05) is 11.8 Å². The fourth-order valence-corrected chi connectivity index (χ4v) is 2.86. The summed E-state index contributed by atoms with van der Waals surface area (Å²) in [6.45, 7) is 0. The molecular formula is C19H16N4O5S. The highest BCUT2D eigenvalue weighted by molar-refractivity contribution is 7.81. The minimum Gasteiger partial charge on any atom is -0.508 e. The zero-order chi connectivity index (χ0) is 20.6. The van der Waals surface area contributed by atoms with Gasteiger partial charge in [-0.3, -0.25) is 9.52 Å². The number of phenols is 1. The van der Waals surface area contributed by atoms with Crippen LogP contribution in [0.5, 0.6) is 11.5 Å². The third kappa shape index (κ3) is 6.11. The van der Waals surface area contributed by atoms with Crippen LogP contribution < -0.4 is 8.91 Å². The molecule has 0 aliphatic carbocycles. The molecule has 0 spiro atoms. The Kier molecular flexibility index (Phi) is 6.48. The molecule has 0 amide bonds. The standard InChI is InChI=1S/C19H16N4O5S/c24-17-9-6-15(11-13(17)12-19(25)26)22-21-14-4-7-16(8-5-14)28-29(27)23-18-3-1-2-10-20-18/h1-11,24H,12H2,(H,20,23)(H,25,26). The quantitative estimate of drug-likeness (QED) is 0.481. The van der Waals surface area contributed by atoms with Gasteiger partial charge in [0.1, 0.15) is 17.3 Å². The Labute approximate surface area is 168 Å². The Morgan fingerprint density at radius 2 is 1.79 bits per heavy atom. The largest absolute Gasteiger partial charge is 0.508 e. The molecule has 1 atom stereocenters. The van der Waals surface area contributed by atoms with Crippen LogP contribution in [0.25, 0.3) is 0 Å². The van der Waals surface area contributed by atoms with Gasteiger partial charge in [0.05, 0.1) is 17.8 Å². The summed E-state index contributed by atoms with van der Waals surface area (Å²) >= 11 is -1.81. The van der Waals surface area contributed by atoms with Gasteiger partial charge in [-0.2, -0.15) is 14.4 Å². The fraction of sp³-hybridized carbons (Fsp3) is 0.0526. The zero-order valence-electron chi connectivity index (χ0n) is 14.9. The van der Waals surface area contributed by atoms with Crippen molar-refractivity contribution in [3.63, 3.8) is 0 Å². The highest BCUT2D eigenvalue weighted by atomic mass is 32.2. The third-order valence-electron chi connectivity index (χ3n) is 3.55. The third-order valence-corrected chi connectivity index (χ3v) is 4.27. The second kappa shape index (κ2) is 9.42. The molecule has 1 heterocycles. The number of nitrogens with one attached hydrogen (secondary N) is 1. The van der Waals surface area contributed by atoms with Gasteiger partial charge < -0.3 is 14.4 Å². The van der Waals surface area contributed by atoms with Crippen molar-refractivity contribution in [2.24, 2.45) is 10.2 Å². The molecule has 2 aromatic carbocycles. The summed E-state index contributed by atoms with van der Waals surface area (Å²) in [5, 5.41) is 26.6. The SMILES string of the molecule is O=C(O)Cc1cc(N=Nc2ccc(OS(=O)Nc3ccccn3)cc2)ccc1O. The van der Waals surface area contributed by atoms with E-state index in [-0.39, 0.29) is 17.7 Å². The topological polar surface area (TPSA) is 133 Å². The second-order valence-corrected chi connectivity index (χ2v) is 6.55. The van der Waals surface area contributed by atoms with Crippen molar-refractivity contribution in [3.8, 4) is 11.5 Å². The molecule has 3 rings (SSSR count). The molecule has 0 saturated carbocycles. The van der Waals surface area contributed by atoms with Crippen LogP contribution in [0.2, 0.25) is 0 Å². The van der Waals surface area contributed by atoms with Gasteiger partial charge in [-0.05, 0) is 54.6 Å². The summed E-state index contributed by atoms with van der Waals surface area (Å²) in [5.41, 5.74) is 1.16. The molecule has 9 nitrogen and oxygen atoms in total. The maximum atomic E-state index is 11.9. The van der Waals surface area contributed by atoms with Crippen LogP contribution in [0, 0.1) is 0 Å². The number of hydrogen-bond acceptors (Lipinski definition) is 7. The smallest absolute Gasteiger partial charge is 0.317 e. The van der Waals surface area contributed by atoms with E-state index in [0.717, 1.165) is 0 Å². The number of phenolic OH excluding ortho intramolecular Hbond substituents is 1. The average molecular weight is 412 g/mol. The van der Waals surface area contributed by atoms with Gasteiger partial charge >= 0.3 is 17.2 Å². The number of carboxylic acid groups (broad SMARTS) is 1. The lowest BCUT2D eigenvalue weighted by Gasteiger charge is -2.06. The predicted molar refractivity (Wildman–Crippen MR) is 107 cm³/mol. The number of aromatic nitrogens is 1. The van der Waals surface area contributed by atoms with Crippen molar-refractivity contribution in [2.75, 3.05) is 4.72 Å². The minimum absolute atomic E-state index is 0.111. The monoisotopic (exact) mass is 412 g/mol. The Morgan fingerprint density at radius 1 is 1.07 bits per heavy atom. The van der Waals surface area contributed by atoms with Crippen molar-refractivity contribution in [1.29, 1.82) is 0 Å². The highest BCUT2D eigenvalue weighted by Gasteiger charge is 2.07. The van der Waals surface area contributed by atoms with E-state index in [1.54, 1.807) is 48.7 Å². The Hall–Kier alpha value is -3.79. The summed E-state index contributed by atoms with van der Waals surface area (Å²) < 4.78 is 19.8. The van der Waals surface area contributed by atoms with Crippen molar-refractivity contribution in [3.05, 3.63) is 72.4 Å². The maximum absolute atomic E-state index is 11.9. The van der Waals surface area contributed by atoms with Gasteiger partial charge in [0.2, 0.25) is 0 Å². The van der Waals surface area contributed by atoms with Gasteiger partial charge in [0.15, 0.2) is 0 Å². The van der Waals surface area contributed by atoms with Crippen molar-refractivity contribution >= 4 is 34.4 Å². The first-order valence-corrected chi connectivity index (χ1v) is 9.40. The zero-order valence-corrected chi connectivity index (χ0v) is 15.7. The number of aliphatic carboxylic acids is 1. The van der Waals surface area contributed by atoms with E-state index in [0.29, 0.717) is 22.9 Å². The van der Waals surface area contributed by atoms with Crippen molar-refractivity contribution < 1.29 is 23.4 Å². The molecule has 1 unspecified atom stereocenters. The number of aromatic hydroxyl groups is 1. The number of azo groups is 1. The first kappa shape index (κ1) is 20.0. The van der Waals surface area contributed by atoms with E-state index in [2.05, 4.69) is 19.9 Å². The summed E-state index contributed by atoms with van der Waals surface area (Å²) in [7, 11) is 0. The maximum Gasteiger partial charge on any atom is 0.317 e. The van der Waals surface area contributed by atoms with E-state index in [4.69, 9.17) is 9.29 Å². The van der Waals surface area contributed by atoms with Crippen LogP contribution in [0.15, 0.2) is 77.1 Å². The van der Waals surface area contributed by atoms with E-state index < -0.39 is 17.2 Å². The van der Waals surface area contributed by atoms with Gasteiger partial charge in [-0.1, -0.05) is 6.07 Å². The molecule has 0 saturated heterocycles. The summed E-state index contributed by atoms with van der Waals surface area (Å²) in [6.07, 6.45) is 1.25. The summed E-state index contributed by atoms with van der Waals surface area (Å²) in [5.74, 6) is -0.383. The molecule has 0 bridgehead atoms. The van der Waals surface area contributed by atoms with Crippen LogP contribution in [-0.4, -0.2) is 25.4 Å². The molecule has 0 fully saturated rings. The Balaban J connectivity index is 1.61. The Morgan fingerprint density at radius 3 is 2.48 bits per heavy atom. The number of benzene rings is 2. The molecule has 0 aliphatic heterocycles. The molecule has 0 aliphatic rings. The molecule has 29 heavy (non-hydrogen) atoms. The van der Waals surface area contributed by atoms with Crippen LogP contribution in [0.1, 0.15) is 5.56 Å². The number of hydrogen-bond donors (Lipinski definition) is 3. The molecule has 0 radical (unpaired) electrons. The van der Waals surface area contributed by atoms with E-state index in [1.807, 2.05) is 0 Å². The molecular weight excluding hydrogens is 396 g/mol. The van der Waals surface area contributed by atoms with E-state index in [9.17, 15) is 14.1 Å². The van der Waals surface area contributed by atoms with Crippen LogP contribution >= 0.6 is 0 Å². The van der Waals surface area contributed by atoms with Crippen molar-refractivity contribution in [2.45, 2.75) is 6.42 Å². The Bertz CT molecular complexity index is 1040. The molecule has 3 aromatic rings. The molecule has 148 valence electrons. The second-order valence-electron chi connectivity index (χ2n) is 5.71. The summed E-state index contributed by atoms with van der Waals surface area (Å²) in [4.78, 5) is 14.8. The van der Waals surface area contributed by atoms with E-state index in [1.165, 1.54) is 18.2 Å². The first-order chi connectivity index (χ1) is 14.0. The lowest BCUT2D eigenvalue weighted by Crippen LogP contribution is -2.11. The number of carboxylic acids is 1. The number of carbonyl (C=O) groups is 1. The summed E-state index contributed by atoms with van der Waals surface area (Å²) in [6, 6.07) is 15.9. The van der Waals surface area contributed by atoms with Gasteiger partial charge in [-0.15, -0.1) is 0 Å². The van der Waals surface area contributed by atoms with Crippen LogP contribution in [0.3, 0.4) is 0 Å². The number of rotatable bonds is 8.